The van der Waals surface area contributed by atoms with Crippen molar-refractivity contribution in [1.82, 2.24) is 5.32 Å². The first-order valence-electron chi connectivity index (χ1n) is 14.3. The van der Waals surface area contributed by atoms with Crippen molar-refractivity contribution in [2.45, 2.75) is 37.6 Å². The molecule has 12 nitrogen and oxygen atoms in total. The van der Waals surface area contributed by atoms with Gasteiger partial charge in [-0.3, -0.25) is 4.79 Å². The Hall–Kier alpha value is -5.19. The Bertz CT molecular complexity index is 1540. The topological polar surface area (TPSA) is 157 Å². The number of nitrogens with zero attached hydrogens (tertiary/aromatic N) is 4. The number of rotatable bonds is 16. The summed E-state index contributed by atoms with van der Waals surface area (Å²) < 4.78 is 28.6. The SMILES string of the molecule is C=CC[C@@]1(C(=O)NCc2cc(OC)c(OC)c(OC)c2)N=C(c2ccc(OCCCO)cc2)O[C@@H]1c1ccccc1CN=[N+]=[N-]. The number of amides is 1. The molecule has 1 amide bonds. The number of methoxy groups -OCH3 is 3. The summed E-state index contributed by atoms with van der Waals surface area (Å²) in [6.45, 7) is 4.55. The molecule has 1 heterocycles. The molecule has 1 aliphatic heterocycles. The predicted molar refractivity (Wildman–Crippen MR) is 169 cm³/mol. The molecule has 12 heteroatoms. The van der Waals surface area contributed by atoms with Gasteiger partial charge in [0, 0.05) is 36.5 Å². The standard InChI is InChI=1S/C33H37N5O7/c1-5-15-33(32(40)35-20-22-18-27(41-2)29(43-4)28(19-22)42-3)30(26-10-7-6-9-24(26)21-36-38-34)45-31(37-33)23-11-13-25(14-12-23)44-17-8-16-39/h5-7,9-14,18-19,30,39H,1,8,15-17,20-21H2,2-4H3,(H,35,40)/t30-,33-/m1/s1. The lowest BCUT2D eigenvalue weighted by atomic mass is 9.82. The maximum Gasteiger partial charge on any atom is 0.252 e. The number of aliphatic imine (C=N–C) groups is 1. The molecule has 0 saturated heterocycles. The van der Waals surface area contributed by atoms with Crippen LogP contribution in [0.3, 0.4) is 0 Å². The molecular formula is C33H37N5O7. The number of aliphatic hydroxyl groups is 1. The van der Waals surface area contributed by atoms with Gasteiger partial charge in [0.25, 0.3) is 5.91 Å². The molecule has 0 unspecified atom stereocenters. The highest BCUT2D eigenvalue weighted by atomic mass is 16.5. The van der Waals surface area contributed by atoms with Crippen molar-refractivity contribution in [3.05, 3.63) is 106 Å². The second kappa shape index (κ2) is 15.5. The second-order valence-corrected chi connectivity index (χ2v) is 10.1. The van der Waals surface area contributed by atoms with Gasteiger partial charge in [0.15, 0.2) is 23.1 Å². The molecule has 0 spiro atoms. The number of carbonyl (C=O) groups excluding carboxylic acids is 1. The maximum absolute atomic E-state index is 14.3. The molecule has 3 aromatic carbocycles. The van der Waals surface area contributed by atoms with Gasteiger partial charge < -0.3 is 34.1 Å². The van der Waals surface area contributed by atoms with E-state index >= 15 is 0 Å². The van der Waals surface area contributed by atoms with Crippen LogP contribution in [0.5, 0.6) is 23.0 Å². The molecule has 0 bridgehead atoms. The first-order valence-corrected chi connectivity index (χ1v) is 14.3. The fraction of sp³-hybridized carbons (Fsp3) is 0.333. The van der Waals surface area contributed by atoms with Crippen LogP contribution in [-0.4, -0.2) is 57.0 Å². The van der Waals surface area contributed by atoms with E-state index in [9.17, 15) is 4.79 Å². The molecule has 1 aliphatic rings. The number of azide groups is 1. The minimum Gasteiger partial charge on any atom is -0.494 e. The summed E-state index contributed by atoms with van der Waals surface area (Å²) in [5.74, 6) is 1.87. The van der Waals surface area contributed by atoms with Gasteiger partial charge in [0.1, 0.15) is 5.75 Å². The largest absolute Gasteiger partial charge is 0.494 e. The monoisotopic (exact) mass is 615 g/mol. The van der Waals surface area contributed by atoms with Gasteiger partial charge in [0.2, 0.25) is 11.6 Å². The smallest absolute Gasteiger partial charge is 0.252 e. The fourth-order valence-electron chi connectivity index (χ4n) is 5.13. The van der Waals surface area contributed by atoms with E-state index in [0.29, 0.717) is 58.3 Å². The van der Waals surface area contributed by atoms with Crippen LogP contribution in [0.4, 0.5) is 0 Å². The molecule has 0 aromatic heterocycles. The fourth-order valence-corrected chi connectivity index (χ4v) is 5.13. The lowest BCUT2D eigenvalue weighted by Gasteiger charge is -2.31. The molecule has 0 radical (unpaired) electrons. The van der Waals surface area contributed by atoms with Crippen LogP contribution in [0.1, 0.15) is 41.2 Å². The summed E-state index contributed by atoms with van der Waals surface area (Å²) in [5, 5.41) is 15.8. The van der Waals surface area contributed by atoms with Crippen LogP contribution in [-0.2, 0) is 22.6 Å². The van der Waals surface area contributed by atoms with Crippen LogP contribution < -0.4 is 24.3 Å². The first kappa shape index (κ1) is 32.7. The Morgan fingerprint density at radius 3 is 2.47 bits per heavy atom. The van der Waals surface area contributed by atoms with E-state index < -0.39 is 17.6 Å². The molecule has 2 N–H and O–H groups in total. The highest BCUT2D eigenvalue weighted by Gasteiger charge is 2.53. The summed E-state index contributed by atoms with van der Waals surface area (Å²) in [4.78, 5) is 22.1. The molecule has 0 saturated carbocycles. The molecule has 236 valence electrons. The minimum absolute atomic E-state index is 0.0400. The van der Waals surface area contributed by atoms with Gasteiger partial charge in [-0.1, -0.05) is 35.5 Å². The van der Waals surface area contributed by atoms with E-state index in [2.05, 4.69) is 21.9 Å². The molecular weight excluding hydrogens is 578 g/mol. The quantitative estimate of drug-likeness (QED) is 0.0715. The number of ether oxygens (including phenoxy) is 5. The van der Waals surface area contributed by atoms with Crippen LogP contribution in [0.2, 0.25) is 0 Å². The van der Waals surface area contributed by atoms with Gasteiger partial charge in [0.05, 0.1) is 34.5 Å². The highest BCUT2D eigenvalue weighted by molar-refractivity contribution is 6.01. The summed E-state index contributed by atoms with van der Waals surface area (Å²) in [7, 11) is 4.57. The summed E-state index contributed by atoms with van der Waals surface area (Å²) in [6, 6.07) is 18.0. The van der Waals surface area contributed by atoms with Crippen molar-refractivity contribution in [3.63, 3.8) is 0 Å². The van der Waals surface area contributed by atoms with Gasteiger partial charge in [-0.25, -0.2) is 4.99 Å². The van der Waals surface area contributed by atoms with Crippen molar-refractivity contribution in [1.29, 1.82) is 0 Å². The minimum atomic E-state index is -1.44. The Kier molecular flexibility index (Phi) is 11.3. The average molecular weight is 616 g/mol. The van der Waals surface area contributed by atoms with Crippen molar-refractivity contribution in [2.75, 3.05) is 34.5 Å². The Morgan fingerprint density at radius 2 is 1.84 bits per heavy atom. The number of hydrogen-bond acceptors (Lipinski definition) is 9. The lowest BCUT2D eigenvalue weighted by molar-refractivity contribution is -0.129. The third-order valence-electron chi connectivity index (χ3n) is 7.30. The zero-order valence-electron chi connectivity index (χ0n) is 25.6. The van der Waals surface area contributed by atoms with Gasteiger partial charge in [-0.15, -0.1) is 6.58 Å². The van der Waals surface area contributed by atoms with Crippen molar-refractivity contribution < 1.29 is 33.6 Å². The van der Waals surface area contributed by atoms with E-state index in [1.807, 2.05) is 24.3 Å². The maximum atomic E-state index is 14.3. The normalized spacial score (nSPS) is 16.9. The van der Waals surface area contributed by atoms with E-state index in [-0.39, 0.29) is 32.0 Å². The van der Waals surface area contributed by atoms with Crippen molar-refractivity contribution in [3.8, 4) is 23.0 Å². The molecule has 4 rings (SSSR count). The van der Waals surface area contributed by atoms with Gasteiger partial charge in [-0.05, 0) is 58.6 Å². The van der Waals surface area contributed by atoms with E-state index in [1.165, 1.54) is 21.3 Å². The summed E-state index contributed by atoms with van der Waals surface area (Å²) >= 11 is 0. The van der Waals surface area contributed by atoms with Crippen LogP contribution in [0.25, 0.3) is 10.4 Å². The summed E-state index contributed by atoms with van der Waals surface area (Å²) in [5.41, 5.74) is 10.3. The van der Waals surface area contributed by atoms with E-state index in [0.717, 1.165) is 0 Å². The number of benzene rings is 3. The lowest BCUT2D eigenvalue weighted by Crippen LogP contribution is -2.48. The highest BCUT2D eigenvalue weighted by Crippen LogP contribution is 2.44. The van der Waals surface area contributed by atoms with Crippen LogP contribution in [0, 0.1) is 0 Å². The summed E-state index contributed by atoms with van der Waals surface area (Å²) in [6.07, 6.45) is 1.44. The van der Waals surface area contributed by atoms with Crippen LogP contribution >= 0.6 is 0 Å². The molecule has 2 atom stereocenters. The number of carbonyl (C=O) groups is 1. The zero-order valence-corrected chi connectivity index (χ0v) is 25.6. The third kappa shape index (κ3) is 7.31. The van der Waals surface area contributed by atoms with Crippen LogP contribution in [0.15, 0.2) is 83.4 Å². The third-order valence-corrected chi connectivity index (χ3v) is 7.30. The van der Waals surface area contributed by atoms with E-state index in [1.54, 1.807) is 42.5 Å². The average Bonchev–Trinajstić information content (AvgIpc) is 3.46. The van der Waals surface area contributed by atoms with Crippen molar-refractivity contribution in [2.24, 2.45) is 10.1 Å². The molecule has 0 fully saturated rings. The Morgan fingerprint density at radius 1 is 1.13 bits per heavy atom. The Balaban J connectivity index is 1.73. The molecule has 45 heavy (non-hydrogen) atoms. The number of hydrogen-bond donors (Lipinski definition) is 2. The van der Waals surface area contributed by atoms with Gasteiger partial charge >= 0.3 is 0 Å². The number of nitrogens with one attached hydrogen (secondary N) is 1. The first-order chi connectivity index (χ1) is 21.9. The second-order valence-electron chi connectivity index (χ2n) is 10.1. The Labute approximate surface area is 261 Å². The predicted octanol–water partition coefficient (Wildman–Crippen LogP) is 5.43. The zero-order chi connectivity index (χ0) is 32.2. The van der Waals surface area contributed by atoms with E-state index in [4.69, 9.17) is 39.3 Å². The molecule has 0 aliphatic carbocycles. The number of aliphatic hydroxyl groups excluding tert-OH is 1. The van der Waals surface area contributed by atoms with Crippen molar-refractivity contribution >= 4 is 11.8 Å². The molecule has 3 aromatic rings. The van der Waals surface area contributed by atoms with Gasteiger partial charge in [-0.2, -0.15) is 0 Å².